The molecule has 200 valence electrons. The first-order valence-corrected chi connectivity index (χ1v) is 12.6. The van der Waals surface area contributed by atoms with Gasteiger partial charge in [0.25, 0.3) is 0 Å². The second kappa shape index (κ2) is 11.8. The molecule has 1 aliphatic heterocycles. The van der Waals surface area contributed by atoms with E-state index in [4.69, 9.17) is 4.84 Å². The van der Waals surface area contributed by atoms with Crippen molar-refractivity contribution in [3.05, 3.63) is 93.8 Å². The number of carboxylic acid groups (broad SMARTS) is 1. The van der Waals surface area contributed by atoms with Crippen LogP contribution in [0.2, 0.25) is 0 Å². The smallest absolute Gasteiger partial charge is 0.307 e. The number of benzene rings is 3. The molecule has 1 aliphatic rings. The molecule has 0 spiro atoms. The third-order valence-electron chi connectivity index (χ3n) is 7.04. The molecule has 0 aromatic heterocycles. The first kappa shape index (κ1) is 27.4. The van der Waals surface area contributed by atoms with E-state index in [2.05, 4.69) is 29.1 Å². The molecule has 1 fully saturated rings. The summed E-state index contributed by atoms with van der Waals surface area (Å²) in [5, 5.41) is 13.5. The van der Waals surface area contributed by atoms with E-state index in [0.717, 1.165) is 42.4 Å². The van der Waals surface area contributed by atoms with E-state index in [1.54, 1.807) is 25.1 Å². The highest BCUT2D eigenvalue weighted by molar-refractivity contribution is 5.98. The van der Waals surface area contributed by atoms with E-state index in [1.807, 2.05) is 13.0 Å². The molecule has 4 rings (SSSR count). The zero-order chi connectivity index (χ0) is 27.4. The molecular weight excluding hydrogens is 493 g/mol. The summed E-state index contributed by atoms with van der Waals surface area (Å²) in [6.45, 7) is 8.00. The average molecular weight is 525 g/mol. The molecule has 0 aliphatic carbocycles. The number of nitrogens with zero attached hydrogens (tertiary/aromatic N) is 2. The zero-order valence-corrected chi connectivity index (χ0v) is 21.7. The lowest BCUT2D eigenvalue weighted by atomic mass is 9.98. The van der Waals surface area contributed by atoms with E-state index in [9.17, 15) is 23.1 Å². The van der Waals surface area contributed by atoms with Gasteiger partial charge >= 0.3 is 5.97 Å². The van der Waals surface area contributed by atoms with Crippen molar-refractivity contribution >= 4 is 11.7 Å². The summed E-state index contributed by atoms with van der Waals surface area (Å²) in [6, 6.07) is 12.8. The highest BCUT2D eigenvalue weighted by Gasteiger charge is 2.28. The van der Waals surface area contributed by atoms with Crippen LogP contribution < -0.4 is 0 Å². The van der Waals surface area contributed by atoms with Crippen molar-refractivity contribution in [2.45, 2.75) is 46.8 Å². The third kappa shape index (κ3) is 6.25. The molecule has 1 N–H and O–H groups in total. The van der Waals surface area contributed by atoms with Crippen LogP contribution in [0.1, 0.15) is 48.1 Å². The van der Waals surface area contributed by atoms with Gasteiger partial charge in [-0.15, -0.1) is 0 Å². The van der Waals surface area contributed by atoms with Gasteiger partial charge in [-0.3, -0.25) is 9.69 Å². The largest absolute Gasteiger partial charge is 0.481 e. The maximum Gasteiger partial charge on any atom is 0.307 e. The molecular formula is C30H31F3N2O3. The molecule has 3 aromatic carbocycles. The highest BCUT2D eigenvalue weighted by Crippen LogP contribution is 2.29. The second-order valence-corrected chi connectivity index (χ2v) is 9.74. The molecule has 0 saturated carbocycles. The molecule has 0 bridgehead atoms. The Morgan fingerprint density at radius 3 is 2.47 bits per heavy atom. The van der Waals surface area contributed by atoms with E-state index in [1.165, 1.54) is 11.1 Å². The summed E-state index contributed by atoms with van der Waals surface area (Å²) in [5.41, 5.74) is 6.02. The summed E-state index contributed by atoms with van der Waals surface area (Å²) in [5.74, 6) is -4.16. The van der Waals surface area contributed by atoms with Crippen LogP contribution in [0.5, 0.6) is 0 Å². The molecule has 8 heteroatoms. The number of oxime groups is 1. The lowest BCUT2D eigenvalue weighted by Crippen LogP contribution is -2.23. The van der Waals surface area contributed by atoms with Gasteiger partial charge in [0, 0.05) is 24.7 Å². The molecule has 0 unspecified atom stereocenters. The Bertz CT molecular complexity index is 1370. The quantitative estimate of drug-likeness (QED) is 0.198. The molecule has 38 heavy (non-hydrogen) atoms. The summed E-state index contributed by atoms with van der Waals surface area (Å²) in [4.78, 5) is 19.0. The first-order valence-electron chi connectivity index (χ1n) is 12.6. The fourth-order valence-electron chi connectivity index (χ4n) is 4.86. The van der Waals surface area contributed by atoms with Crippen LogP contribution in [0.15, 0.2) is 53.7 Å². The van der Waals surface area contributed by atoms with Crippen LogP contribution >= 0.6 is 0 Å². The van der Waals surface area contributed by atoms with E-state index in [0.29, 0.717) is 30.2 Å². The number of carboxylic acids is 1. The Morgan fingerprint density at radius 2 is 1.79 bits per heavy atom. The normalized spacial score (nSPS) is 16.2. The Kier molecular flexibility index (Phi) is 8.52. The molecule has 3 aromatic rings. The van der Waals surface area contributed by atoms with Gasteiger partial charge in [-0.1, -0.05) is 42.4 Å². The number of hydrogen-bond donors (Lipinski definition) is 1. The van der Waals surface area contributed by atoms with Gasteiger partial charge in [0.15, 0.2) is 11.6 Å². The fourth-order valence-corrected chi connectivity index (χ4v) is 4.86. The number of carbonyl (C=O) groups is 1. The van der Waals surface area contributed by atoms with Crippen molar-refractivity contribution in [2.75, 3.05) is 13.1 Å². The Labute approximate surface area is 220 Å². The Morgan fingerprint density at radius 1 is 1.03 bits per heavy atom. The fraction of sp³-hybridized carbons (Fsp3) is 0.333. The van der Waals surface area contributed by atoms with Crippen LogP contribution in [-0.2, 0) is 29.2 Å². The average Bonchev–Trinajstić information content (AvgIpc) is 3.36. The van der Waals surface area contributed by atoms with Crippen molar-refractivity contribution in [2.24, 2.45) is 11.1 Å². The maximum atomic E-state index is 14.2. The molecule has 0 amide bonds. The number of aliphatic carboxylic acids is 1. The lowest BCUT2D eigenvalue weighted by Gasteiger charge is -2.18. The standard InChI is InChI=1S/C30H31F3N2O3/c1-4-21-12-22(6-7-23(21)15-35-10-9-24(16-35)30(36)37)19(3)34-38-17-20-5-8-25(18(2)11-20)26-13-28(32)29(33)14-27(26)31/h5-8,11-14,24H,4,9-10,15-17H2,1-3H3,(H,36,37)/b34-19+/t24-/m0/s1. The van der Waals surface area contributed by atoms with E-state index >= 15 is 0 Å². The number of rotatable bonds is 9. The predicted molar refractivity (Wildman–Crippen MR) is 140 cm³/mol. The molecule has 1 heterocycles. The van der Waals surface area contributed by atoms with Crippen molar-refractivity contribution in [1.82, 2.24) is 4.90 Å². The minimum atomic E-state index is -1.22. The van der Waals surface area contributed by atoms with Crippen molar-refractivity contribution in [1.29, 1.82) is 0 Å². The molecule has 1 atom stereocenters. The number of aryl methyl sites for hydroxylation is 2. The van der Waals surface area contributed by atoms with Gasteiger partial charge in [0.2, 0.25) is 0 Å². The number of likely N-dealkylation sites (tertiary alicyclic amines) is 1. The van der Waals surface area contributed by atoms with Crippen LogP contribution in [0, 0.1) is 30.3 Å². The maximum absolute atomic E-state index is 14.2. The van der Waals surface area contributed by atoms with Crippen LogP contribution in [0.4, 0.5) is 13.2 Å². The second-order valence-electron chi connectivity index (χ2n) is 9.74. The molecule has 5 nitrogen and oxygen atoms in total. The van der Waals surface area contributed by atoms with Crippen molar-refractivity contribution in [3.63, 3.8) is 0 Å². The van der Waals surface area contributed by atoms with Gasteiger partial charge < -0.3 is 9.94 Å². The van der Waals surface area contributed by atoms with Gasteiger partial charge in [-0.05, 0) is 78.7 Å². The highest BCUT2D eigenvalue weighted by atomic mass is 19.2. The van der Waals surface area contributed by atoms with Gasteiger partial charge in [-0.25, -0.2) is 13.2 Å². The molecule has 1 saturated heterocycles. The minimum absolute atomic E-state index is 0.00402. The molecule has 0 radical (unpaired) electrons. The Hall–Kier alpha value is -3.65. The SMILES string of the molecule is CCc1cc(/C(C)=N/OCc2ccc(-c3cc(F)c(F)cc3F)c(C)c2)ccc1CN1CC[C@H](C(=O)O)C1. The lowest BCUT2D eigenvalue weighted by molar-refractivity contribution is -0.141. The number of hydrogen-bond acceptors (Lipinski definition) is 4. The third-order valence-corrected chi connectivity index (χ3v) is 7.04. The van der Waals surface area contributed by atoms with Crippen LogP contribution in [0.25, 0.3) is 11.1 Å². The first-order chi connectivity index (χ1) is 18.2. The predicted octanol–water partition coefficient (Wildman–Crippen LogP) is 6.49. The monoisotopic (exact) mass is 524 g/mol. The summed E-state index contributed by atoms with van der Waals surface area (Å²) < 4.78 is 41.1. The van der Waals surface area contributed by atoms with Crippen molar-refractivity contribution < 1.29 is 27.9 Å². The number of halogens is 3. The van der Waals surface area contributed by atoms with Gasteiger partial charge in [0.1, 0.15) is 12.4 Å². The van der Waals surface area contributed by atoms with E-state index < -0.39 is 23.4 Å². The van der Waals surface area contributed by atoms with Crippen LogP contribution in [-0.4, -0.2) is 34.8 Å². The van der Waals surface area contributed by atoms with Gasteiger partial charge in [0.05, 0.1) is 11.6 Å². The zero-order valence-electron chi connectivity index (χ0n) is 21.7. The summed E-state index contributed by atoms with van der Waals surface area (Å²) in [7, 11) is 0. The van der Waals surface area contributed by atoms with Crippen LogP contribution in [0.3, 0.4) is 0 Å². The Balaban J connectivity index is 1.40. The topological polar surface area (TPSA) is 62.1 Å². The summed E-state index contributed by atoms with van der Waals surface area (Å²) in [6.07, 6.45) is 1.53. The summed E-state index contributed by atoms with van der Waals surface area (Å²) >= 11 is 0. The van der Waals surface area contributed by atoms with Gasteiger partial charge in [-0.2, -0.15) is 0 Å². The minimum Gasteiger partial charge on any atom is -0.481 e. The van der Waals surface area contributed by atoms with E-state index in [-0.39, 0.29) is 18.1 Å². The van der Waals surface area contributed by atoms with Crippen molar-refractivity contribution in [3.8, 4) is 11.1 Å².